The van der Waals surface area contributed by atoms with Crippen molar-refractivity contribution >= 4 is 15.9 Å². The van der Waals surface area contributed by atoms with Crippen LogP contribution in [0.25, 0.3) is 0 Å². The third kappa shape index (κ3) is 3.67. The maximum Gasteiger partial charge on any atom is 0.243 e. The van der Waals surface area contributed by atoms with Crippen LogP contribution in [-0.2, 0) is 14.8 Å². The lowest BCUT2D eigenvalue weighted by Crippen LogP contribution is -2.38. The third-order valence-electron chi connectivity index (χ3n) is 4.96. The molecule has 1 saturated heterocycles. The van der Waals surface area contributed by atoms with Crippen molar-refractivity contribution in [2.24, 2.45) is 5.92 Å². The van der Waals surface area contributed by atoms with Gasteiger partial charge in [0.15, 0.2) is 0 Å². The first-order valence-electron chi connectivity index (χ1n) is 8.78. The molecule has 25 heavy (non-hydrogen) atoms. The standard InChI is InChI=1S/C18H26N2O4S/c1-13-11-16(24-3)12-14(2)17(13)25(22,23)20-8-4-7-19(9-10-20)18(21)15-5-6-15/h11-12,15H,4-10H2,1-3H3. The lowest BCUT2D eigenvalue weighted by molar-refractivity contribution is -0.132. The molecule has 1 aromatic rings. The number of hydrogen-bond acceptors (Lipinski definition) is 4. The molecule has 6 nitrogen and oxygen atoms in total. The van der Waals surface area contributed by atoms with E-state index in [0.717, 1.165) is 12.8 Å². The zero-order valence-electron chi connectivity index (χ0n) is 15.1. The Bertz CT molecular complexity index is 748. The molecule has 1 saturated carbocycles. The molecule has 138 valence electrons. The number of hydrogen-bond donors (Lipinski definition) is 0. The van der Waals surface area contributed by atoms with E-state index < -0.39 is 10.0 Å². The summed E-state index contributed by atoms with van der Waals surface area (Å²) in [7, 11) is -2.01. The van der Waals surface area contributed by atoms with Crippen molar-refractivity contribution in [2.75, 3.05) is 33.3 Å². The first kappa shape index (κ1) is 18.2. The number of methoxy groups -OCH3 is 1. The zero-order chi connectivity index (χ0) is 18.2. The monoisotopic (exact) mass is 366 g/mol. The van der Waals surface area contributed by atoms with E-state index in [1.54, 1.807) is 33.1 Å². The fourth-order valence-corrected chi connectivity index (χ4v) is 5.39. The summed E-state index contributed by atoms with van der Waals surface area (Å²) in [6.45, 7) is 5.50. The summed E-state index contributed by atoms with van der Waals surface area (Å²) in [6, 6.07) is 3.50. The Morgan fingerprint density at radius 1 is 1.08 bits per heavy atom. The van der Waals surface area contributed by atoms with Gasteiger partial charge >= 0.3 is 0 Å². The highest BCUT2D eigenvalue weighted by atomic mass is 32.2. The van der Waals surface area contributed by atoms with Gasteiger partial charge in [-0.15, -0.1) is 0 Å². The predicted octanol–water partition coefficient (Wildman–Crippen LogP) is 1.95. The van der Waals surface area contributed by atoms with Crippen molar-refractivity contribution in [3.05, 3.63) is 23.3 Å². The number of sulfonamides is 1. The molecule has 0 bridgehead atoms. The van der Waals surface area contributed by atoms with Gasteiger partial charge in [0, 0.05) is 32.1 Å². The minimum absolute atomic E-state index is 0.175. The van der Waals surface area contributed by atoms with Crippen LogP contribution in [0.3, 0.4) is 0 Å². The number of ether oxygens (including phenoxy) is 1. The molecule has 2 fully saturated rings. The summed E-state index contributed by atoms with van der Waals surface area (Å²) in [5.74, 6) is 1.02. The third-order valence-corrected chi connectivity index (χ3v) is 7.17. The number of nitrogens with zero attached hydrogens (tertiary/aromatic N) is 2. The number of aryl methyl sites for hydroxylation is 2. The van der Waals surface area contributed by atoms with Crippen LogP contribution in [0.4, 0.5) is 0 Å². The molecule has 0 N–H and O–H groups in total. The van der Waals surface area contributed by atoms with Crippen molar-refractivity contribution in [3.8, 4) is 5.75 Å². The Morgan fingerprint density at radius 3 is 2.28 bits per heavy atom. The highest BCUT2D eigenvalue weighted by molar-refractivity contribution is 7.89. The molecule has 1 amide bonds. The summed E-state index contributed by atoms with van der Waals surface area (Å²) in [5, 5.41) is 0. The second kappa shape index (κ2) is 6.96. The van der Waals surface area contributed by atoms with Gasteiger partial charge < -0.3 is 9.64 Å². The van der Waals surface area contributed by atoms with E-state index in [4.69, 9.17) is 4.74 Å². The maximum absolute atomic E-state index is 13.2. The average Bonchev–Trinajstić information content (AvgIpc) is 3.39. The largest absolute Gasteiger partial charge is 0.497 e. The number of carbonyl (C=O) groups is 1. The van der Waals surface area contributed by atoms with Crippen LogP contribution in [0.5, 0.6) is 5.75 Å². The topological polar surface area (TPSA) is 66.9 Å². The van der Waals surface area contributed by atoms with Crippen LogP contribution in [0, 0.1) is 19.8 Å². The average molecular weight is 366 g/mol. The second-order valence-electron chi connectivity index (χ2n) is 6.95. The van der Waals surface area contributed by atoms with E-state index in [2.05, 4.69) is 0 Å². The summed E-state index contributed by atoms with van der Waals surface area (Å²) in [4.78, 5) is 14.5. The van der Waals surface area contributed by atoms with Crippen LogP contribution in [0.15, 0.2) is 17.0 Å². The molecule has 0 unspecified atom stereocenters. The van der Waals surface area contributed by atoms with Gasteiger partial charge in [-0.25, -0.2) is 8.42 Å². The number of amides is 1. The quantitative estimate of drug-likeness (QED) is 0.817. The summed E-state index contributed by atoms with van der Waals surface area (Å²) in [5.41, 5.74) is 1.37. The molecule has 0 radical (unpaired) electrons. The number of rotatable bonds is 4. The molecule has 0 atom stereocenters. The van der Waals surface area contributed by atoms with Gasteiger partial charge in [0.1, 0.15) is 5.75 Å². The Hall–Kier alpha value is -1.60. The SMILES string of the molecule is COc1cc(C)c(S(=O)(=O)N2CCCN(C(=O)C3CC3)CC2)c(C)c1. The molecule has 2 aliphatic rings. The van der Waals surface area contributed by atoms with Crippen molar-refractivity contribution in [2.45, 2.75) is 38.0 Å². The van der Waals surface area contributed by atoms with Crippen LogP contribution in [0.2, 0.25) is 0 Å². The van der Waals surface area contributed by atoms with E-state index >= 15 is 0 Å². The van der Waals surface area contributed by atoms with Crippen molar-refractivity contribution in [1.29, 1.82) is 0 Å². The molecule has 7 heteroatoms. The van der Waals surface area contributed by atoms with Gasteiger partial charge in [0.05, 0.1) is 12.0 Å². The zero-order valence-corrected chi connectivity index (χ0v) is 15.9. The summed E-state index contributed by atoms with van der Waals surface area (Å²) < 4.78 is 33.1. The van der Waals surface area contributed by atoms with E-state index in [9.17, 15) is 13.2 Å². The molecule has 1 aliphatic carbocycles. The molecule has 0 spiro atoms. The van der Waals surface area contributed by atoms with Gasteiger partial charge in [0.2, 0.25) is 15.9 Å². The first-order chi connectivity index (χ1) is 11.8. The molecule has 3 rings (SSSR count). The number of benzene rings is 1. The Kier molecular flexibility index (Phi) is 5.06. The fourth-order valence-electron chi connectivity index (χ4n) is 3.51. The van der Waals surface area contributed by atoms with Crippen molar-refractivity contribution < 1.29 is 17.9 Å². The van der Waals surface area contributed by atoms with Crippen molar-refractivity contribution in [3.63, 3.8) is 0 Å². The lowest BCUT2D eigenvalue weighted by Gasteiger charge is -2.23. The minimum atomic E-state index is -3.59. The van der Waals surface area contributed by atoms with E-state index in [1.807, 2.05) is 4.90 Å². The molecule has 1 heterocycles. The van der Waals surface area contributed by atoms with Crippen LogP contribution < -0.4 is 4.74 Å². The molecule has 1 aliphatic heterocycles. The minimum Gasteiger partial charge on any atom is -0.497 e. The highest BCUT2D eigenvalue weighted by Gasteiger charge is 2.36. The normalized spacial score (nSPS) is 19.6. The lowest BCUT2D eigenvalue weighted by atomic mass is 10.1. The molecular weight excluding hydrogens is 340 g/mol. The molecule has 1 aromatic carbocycles. The van der Waals surface area contributed by atoms with Crippen molar-refractivity contribution in [1.82, 2.24) is 9.21 Å². The highest BCUT2D eigenvalue weighted by Crippen LogP contribution is 2.32. The smallest absolute Gasteiger partial charge is 0.243 e. The van der Waals surface area contributed by atoms with Gasteiger partial charge in [-0.3, -0.25) is 4.79 Å². The maximum atomic E-state index is 13.2. The fraction of sp³-hybridized carbons (Fsp3) is 0.611. The van der Waals surface area contributed by atoms with E-state index in [1.165, 1.54) is 4.31 Å². The van der Waals surface area contributed by atoms with Crippen LogP contribution >= 0.6 is 0 Å². The van der Waals surface area contributed by atoms with Crippen LogP contribution in [-0.4, -0.2) is 56.8 Å². The Labute approximate surface area is 149 Å². The first-order valence-corrected chi connectivity index (χ1v) is 10.2. The Morgan fingerprint density at radius 2 is 1.72 bits per heavy atom. The van der Waals surface area contributed by atoms with Gasteiger partial charge in [-0.2, -0.15) is 4.31 Å². The van der Waals surface area contributed by atoms with E-state index in [0.29, 0.717) is 54.4 Å². The van der Waals surface area contributed by atoms with Crippen LogP contribution in [0.1, 0.15) is 30.4 Å². The second-order valence-corrected chi connectivity index (χ2v) is 8.82. The molecule has 0 aromatic heterocycles. The van der Waals surface area contributed by atoms with Gasteiger partial charge in [0.25, 0.3) is 0 Å². The number of carbonyl (C=O) groups excluding carboxylic acids is 1. The summed E-state index contributed by atoms with van der Waals surface area (Å²) >= 11 is 0. The Balaban J connectivity index is 1.82. The van der Waals surface area contributed by atoms with Gasteiger partial charge in [-0.05, 0) is 56.4 Å². The molecular formula is C18H26N2O4S. The van der Waals surface area contributed by atoms with Gasteiger partial charge in [-0.1, -0.05) is 0 Å². The van der Waals surface area contributed by atoms with E-state index in [-0.39, 0.29) is 11.8 Å². The predicted molar refractivity (Wildman–Crippen MR) is 95.1 cm³/mol. The summed E-state index contributed by atoms with van der Waals surface area (Å²) in [6.07, 6.45) is 2.62.